The van der Waals surface area contributed by atoms with Crippen LogP contribution in [0.15, 0.2) is 54.7 Å². The maximum absolute atomic E-state index is 13.0. The molecule has 0 radical (unpaired) electrons. The minimum atomic E-state index is -0.312. The van der Waals surface area contributed by atoms with Gasteiger partial charge in [-0.05, 0) is 31.0 Å². The summed E-state index contributed by atoms with van der Waals surface area (Å²) in [5.41, 5.74) is 2.16. The van der Waals surface area contributed by atoms with Gasteiger partial charge in [0.1, 0.15) is 11.4 Å². The molecule has 160 valence electrons. The lowest BCUT2D eigenvalue weighted by atomic mass is 10.1. The zero-order valence-corrected chi connectivity index (χ0v) is 17.9. The highest BCUT2D eigenvalue weighted by Gasteiger charge is 2.20. The van der Waals surface area contributed by atoms with Gasteiger partial charge in [-0.15, -0.1) is 0 Å². The van der Waals surface area contributed by atoms with Crippen LogP contribution in [0.3, 0.4) is 0 Å². The van der Waals surface area contributed by atoms with E-state index >= 15 is 0 Å². The molecule has 2 heterocycles. The number of likely N-dealkylation sites (tertiary alicyclic amines) is 1. The van der Waals surface area contributed by atoms with E-state index in [0.717, 1.165) is 25.9 Å². The van der Waals surface area contributed by atoms with E-state index in [1.807, 2.05) is 23.1 Å². The third kappa shape index (κ3) is 4.88. The lowest BCUT2D eigenvalue weighted by molar-refractivity contribution is -0.132. The highest BCUT2D eigenvalue weighted by molar-refractivity contribution is 6.33. The van der Waals surface area contributed by atoms with Crippen molar-refractivity contribution in [3.63, 3.8) is 0 Å². The van der Waals surface area contributed by atoms with Crippen LogP contribution < -0.4 is 10.1 Å². The van der Waals surface area contributed by atoms with Gasteiger partial charge in [0, 0.05) is 43.7 Å². The molecule has 1 aliphatic rings. The number of benzene rings is 2. The minimum absolute atomic E-state index is 0.0172. The molecular weight excluding hydrogens is 416 g/mol. The van der Waals surface area contributed by atoms with Crippen molar-refractivity contribution in [2.24, 2.45) is 7.05 Å². The topological polar surface area (TPSA) is 76.5 Å². The number of hydrogen-bond donors (Lipinski definition) is 1. The fraction of sp³-hybridized carbons (Fsp3) is 0.261. The van der Waals surface area contributed by atoms with Crippen LogP contribution in [0.4, 0.5) is 5.69 Å². The number of ether oxygens (including phenoxy) is 1. The quantitative estimate of drug-likeness (QED) is 0.631. The first-order valence-corrected chi connectivity index (χ1v) is 10.5. The Morgan fingerprint density at radius 3 is 2.68 bits per heavy atom. The van der Waals surface area contributed by atoms with Crippen molar-refractivity contribution in [1.29, 1.82) is 0 Å². The second kappa shape index (κ2) is 9.22. The number of aryl methyl sites for hydroxylation is 1. The van der Waals surface area contributed by atoms with Gasteiger partial charge in [-0.2, -0.15) is 5.10 Å². The van der Waals surface area contributed by atoms with E-state index in [2.05, 4.69) is 10.4 Å². The summed E-state index contributed by atoms with van der Waals surface area (Å²) in [6.07, 6.45) is 3.73. The zero-order chi connectivity index (χ0) is 21.8. The molecule has 8 heteroatoms. The summed E-state index contributed by atoms with van der Waals surface area (Å²) in [6.45, 7) is 1.56. The van der Waals surface area contributed by atoms with Crippen LogP contribution in [-0.4, -0.2) is 46.2 Å². The van der Waals surface area contributed by atoms with Crippen molar-refractivity contribution in [3.8, 4) is 17.0 Å². The van der Waals surface area contributed by atoms with E-state index in [1.165, 1.54) is 0 Å². The SMILES string of the molecule is Cn1cc(C(=O)Nc2cccc(OCC(=O)N3CCCC3)c2)c(-c2ccccc2Cl)n1. The van der Waals surface area contributed by atoms with Gasteiger partial charge in [-0.25, -0.2) is 0 Å². The van der Waals surface area contributed by atoms with Crippen LogP contribution in [-0.2, 0) is 11.8 Å². The number of anilines is 1. The average Bonchev–Trinajstić information content (AvgIpc) is 3.43. The Kier molecular flexibility index (Phi) is 6.23. The second-order valence-corrected chi connectivity index (χ2v) is 7.81. The smallest absolute Gasteiger partial charge is 0.260 e. The molecule has 0 unspecified atom stereocenters. The summed E-state index contributed by atoms with van der Waals surface area (Å²) in [7, 11) is 1.75. The van der Waals surface area contributed by atoms with E-state index in [-0.39, 0.29) is 18.4 Å². The molecule has 0 bridgehead atoms. The molecule has 0 saturated carbocycles. The van der Waals surface area contributed by atoms with E-state index in [1.54, 1.807) is 48.3 Å². The molecule has 2 aromatic carbocycles. The van der Waals surface area contributed by atoms with Crippen molar-refractivity contribution >= 4 is 29.1 Å². The Hall–Kier alpha value is -3.32. The van der Waals surface area contributed by atoms with Crippen molar-refractivity contribution < 1.29 is 14.3 Å². The fourth-order valence-corrected chi connectivity index (χ4v) is 3.80. The molecule has 1 aromatic heterocycles. The first-order valence-electron chi connectivity index (χ1n) is 10.1. The van der Waals surface area contributed by atoms with Crippen LogP contribution in [0.2, 0.25) is 5.02 Å². The summed E-state index contributed by atoms with van der Waals surface area (Å²) >= 11 is 6.30. The van der Waals surface area contributed by atoms with Crippen molar-refractivity contribution in [1.82, 2.24) is 14.7 Å². The molecule has 31 heavy (non-hydrogen) atoms. The van der Waals surface area contributed by atoms with Crippen LogP contribution >= 0.6 is 11.6 Å². The predicted octanol–water partition coefficient (Wildman–Crippen LogP) is 3.99. The van der Waals surface area contributed by atoms with Gasteiger partial charge in [0.15, 0.2) is 6.61 Å². The summed E-state index contributed by atoms with van der Waals surface area (Å²) in [6, 6.07) is 14.2. The number of halogens is 1. The molecule has 7 nitrogen and oxygen atoms in total. The van der Waals surface area contributed by atoms with E-state index in [4.69, 9.17) is 16.3 Å². The Morgan fingerprint density at radius 1 is 1.13 bits per heavy atom. The van der Waals surface area contributed by atoms with Crippen LogP contribution in [0.5, 0.6) is 5.75 Å². The molecule has 1 N–H and O–H groups in total. The van der Waals surface area contributed by atoms with Gasteiger partial charge in [0.2, 0.25) is 0 Å². The molecule has 0 aliphatic carbocycles. The van der Waals surface area contributed by atoms with Crippen molar-refractivity contribution in [2.75, 3.05) is 25.0 Å². The van der Waals surface area contributed by atoms with E-state index in [0.29, 0.717) is 33.3 Å². The molecule has 1 fully saturated rings. The Balaban J connectivity index is 1.46. The Labute approximate surface area is 185 Å². The lowest BCUT2D eigenvalue weighted by Crippen LogP contribution is -2.32. The van der Waals surface area contributed by atoms with Gasteiger partial charge in [-0.1, -0.05) is 35.9 Å². The van der Waals surface area contributed by atoms with Crippen molar-refractivity contribution in [2.45, 2.75) is 12.8 Å². The highest BCUT2D eigenvalue weighted by atomic mass is 35.5. The third-order valence-corrected chi connectivity index (χ3v) is 5.44. The summed E-state index contributed by atoms with van der Waals surface area (Å²) in [5, 5.41) is 7.81. The highest BCUT2D eigenvalue weighted by Crippen LogP contribution is 2.29. The monoisotopic (exact) mass is 438 g/mol. The maximum atomic E-state index is 13.0. The van der Waals surface area contributed by atoms with E-state index < -0.39 is 0 Å². The summed E-state index contributed by atoms with van der Waals surface area (Å²) in [5.74, 6) is 0.183. The maximum Gasteiger partial charge on any atom is 0.260 e. The molecule has 2 amide bonds. The number of hydrogen-bond acceptors (Lipinski definition) is 4. The zero-order valence-electron chi connectivity index (χ0n) is 17.2. The molecule has 1 saturated heterocycles. The number of rotatable bonds is 6. The number of carbonyl (C=O) groups excluding carboxylic acids is 2. The van der Waals surface area contributed by atoms with Crippen LogP contribution in [0, 0.1) is 0 Å². The van der Waals surface area contributed by atoms with E-state index in [9.17, 15) is 9.59 Å². The fourth-order valence-electron chi connectivity index (χ4n) is 3.57. The van der Waals surface area contributed by atoms with Gasteiger partial charge >= 0.3 is 0 Å². The van der Waals surface area contributed by atoms with Crippen molar-refractivity contribution in [3.05, 3.63) is 65.3 Å². The first kappa shape index (κ1) is 20.9. The number of aromatic nitrogens is 2. The Bertz CT molecular complexity index is 1110. The molecule has 0 spiro atoms. The second-order valence-electron chi connectivity index (χ2n) is 7.40. The van der Waals surface area contributed by atoms with Gasteiger partial charge in [0.05, 0.1) is 10.6 Å². The molecule has 4 rings (SSSR count). The Morgan fingerprint density at radius 2 is 1.90 bits per heavy atom. The first-order chi connectivity index (χ1) is 15.0. The largest absolute Gasteiger partial charge is 0.484 e. The number of nitrogens with one attached hydrogen (secondary N) is 1. The average molecular weight is 439 g/mol. The van der Waals surface area contributed by atoms with Gasteiger partial charge in [-0.3, -0.25) is 14.3 Å². The molecule has 3 aromatic rings. The standard InChI is InChI=1S/C23H23ClN4O3/c1-27-14-19(22(26-27)18-9-2-3-10-20(18)24)23(30)25-16-7-6-8-17(13-16)31-15-21(29)28-11-4-5-12-28/h2-3,6-10,13-14H,4-5,11-12,15H2,1H3,(H,25,30). The molecular formula is C23H23ClN4O3. The third-order valence-electron chi connectivity index (χ3n) is 5.12. The minimum Gasteiger partial charge on any atom is -0.484 e. The lowest BCUT2D eigenvalue weighted by Gasteiger charge is -2.15. The number of carbonyl (C=O) groups is 2. The number of amides is 2. The van der Waals surface area contributed by atoms with Gasteiger partial charge in [0.25, 0.3) is 11.8 Å². The predicted molar refractivity (Wildman–Crippen MR) is 119 cm³/mol. The van der Waals surface area contributed by atoms with Crippen LogP contribution in [0.1, 0.15) is 23.2 Å². The molecule has 0 atom stereocenters. The summed E-state index contributed by atoms with van der Waals surface area (Å²) < 4.78 is 7.23. The number of nitrogens with zero attached hydrogens (tertiary/aromatic N) is 3. The molecule has 1 aliphatic heterocycles. The summed E-state index contributed by atoms with van der Waals surface area (Å²) in [4.78, 5) is 27.0. The van der Waals surface area contributed by atoms with Crippen LogP contribution in [0.25, 0.3) is 11.3 Å². The normalized spacial score (nSPS) is 13.3. The van der Waals surface area contributed by atoms with Gasteiger partial charge < -0.3 is 15.0 Å².